The van der Waals surface area contributed by atoms with Crippen molar-refractivity contribution >= 4 is 5.78 Å². The molecule has 0 unspecified atom stereocenters. The molecule has 3 nitrogen and oxygen atoms in total. The van der Waals surface area contributed by atoms with Crippen LogP contribution in [0.15, 0.2) is 30.5 Å². The quantitative estimate of drug-likeness (QED) is 0.795. The van der Waals surface area contributed by atoms with Crippen LogP contribution in [0.25, 0.3) is 0 Å². The Morgan fingerprint density at radius 1 is 1.32 bits per heavy atom. The van der Waals surface area contributed by atoms with E-state index in [9.17, 15) is 9.18 Å². The van der Waals surface area contributed by atoms with Crippen LogP contribution in [-0.4, -0.2) is 17.9 Å². The largest absolute Gasteiger partial charge is 0.494 e. The van der Waals surface area contributed by atoms with Crippen molar-refractivity contribution in [3.63, 3.8) is 0 Å². The van der Waals surface area contributed by atoms with Crippen molar-refractivity contribution in [1.29, 1.82) is 0 Å². The highest BCUT2D eigenvalue weighted by atomic mass is 19.1. The fraction of sp³-hybridized carbons (Fsp3) is 0.200. The van der Waals surface area contributed by atoms with E-state index in [1.165, 1.54) is 19.2 Å². The normalized spacial score (nSPS) is 10.3. The molecule has 0 atom stereocenters. The highest BCUT2D eigenvalue weighted by Gasteiger charge is 2.19. The molecule has 0 spiro atoms. The minimum absolute atomic E-state index is 0.0289. The summed E-state index contributed by atoms with van der Waals surface area (Å²) in [5.74, 6) is -1.04. The first kappa shape index (κ1) is 13.2. The topological polar surface area (TPSA) is 39.2 Å². The van der Waals surface area contributed by atoms with Gasteiger partial charge < -0.3 is 4.74 Å². The van der Waals surface area contributed by atoms with Crippen LogP contribution in [0.1, 0.15) is 27.2 Å². The molecular formula is C15H14FNO2. The average molecular weight is 259 g/mol. The van der Waals surface area contributed by atoms with Gasteiger partial charge in [0.05, 0.1) is 12.7 Å². The summed E-state index contributed by atoms with van der Waals surface area (Å²) in [5.41, 5.74) is 1.92. The van der Waals surface area contributed by atoms with Crippen molar-refractivity contribution in [2.75, 3.05) is 7.11 Å². The molecule has 0 aliphatic rings. The third-order valence-electron chi connectivity index (χ3n) is 2.86. The van der Waals surface area contributed by atoms with E-state index >= 15 is 0 Å². The number of pyridine rings is 1. The Morgan fingerprint density at radius 3 is 2.68 bits per heavy atom. The predicted octanol–water partition coefficient (Wildman–Crippen LogP) is 3.08. The maximum atomic E-state index is 14.0. The maximum absolute atomic E-state index is 14.0. The second-order valence-electron chi connectivity index (χ2n) is 4.33. The number of hydrogen-bond acceptors (Lipinski definition) is 3. The molecule has 98 valence electrons. The van der Waals surface area contributed by atoms with E-state index in [1.807, 2.05) is 13.0 Å². The molecule has 2 rings (SSSR count). The summed E-state index contributed by atoms with van der Waals surface area (Å²) in [6, 6.07) is 6.33. The Hall–Kier alpha value is -2.23. The number of aromatic nitrogens is 1. The number of nitrogens with zero attached hydrogens (tertiary/aromatic N) is 1. The van der Waals surface area contributed by atoms with Crippen molar-refractivity contribution in [2.45, 2.75) is 13.8 Å². The van der Waals surface area contributed by atoms with Gasteiger partial charge in [-0.2, -0.15) is 0 Å². The first-order valence-corrected chi connectivity index (χ1v) is 5.85. The number of rotatable bonds is 3. The van der Waals surface area contributed by atoms with E-state index in [0.29, 0.717) is 0 Å². The smallest absolute Gasteiger partial charge is 0.214 e. The Kier molecular flexibility index (Phi) is 3.60. The Morgan fingerprint density at radius 2 is 2.05 bits per heavy atom. The fourth-order valence-electron chi connectivity index (χ4n) is 1.92. The second-order valence-corrected chi connectivity index (χ2v) is 4.33. The summed E-state index contributed by atoms with van der Waals surface area (Å²) >= 11 is 0. The van der Waals surface area contributed by atoms with Gasteiger partial charge in [0.15, 0.2) is 11.6 Å². The van der Waals surface area contributed by atoms with Crippen molar-refractivity contribution in [3.05, 3.63) is 58.7 Å². The van der Waals surface area contributed by atoms with Crippen molar-refractivity contribution in [3.8, 4) is 5.75 Å². The molecule has 0 bridgehead atoms. The molecule has 19 heavy (non-hydrogen) atoms. The van der Waals surface area contributed by atoms with Gasteiger partial charge in [-0.25, -0.2) is 4.39 Å². The van der Waals surface area contributed by atoms with Gasteiger partial charge in [0.25, 0.3) is 0 Å². The summed E-state index contributed by atoms with van der Waals surface area (Å²) in [4.78, 5) is 16.4. The first-order chi connectivity index (χ1) is 9.04. The standard InChI is InChI=1S/C15H14FNO2/c1-9-7-10(2)14(17-8-9)15(18)11-5-4-6-12(19-3)13(11)16/h4-8H,1-3H3. The minimum Gasteiger partial charge on any atom is -0.494 e. The SMILES string of the molecule is COc1cccc(C(=O)c2ncc(C)cc2C)c1F. The second kappa shape index (κ2) is 5.18. The number of ketones is 1. The van der Waals surface area contributed by atoms with Gasteiger partial charge in [0.2, 0.25) is 5.78 Å². The lowest BCUT2D eigenvalue weighted by atomic mass is 10.0. The average Bonchev–Trinajstić information content (AvgIpc) is 2.38. The molecule has 0 aliphatic heterocycles. The van der Waals surface area contributed by atoms with Gasteiger partial charge in [0, 0.05) is 6.20 Å². The van der Waals surface area contributed by atoms with Crippen LogP contribution in [0.2, 0.25) is 0 Å². The molecule has 0 fully saturated rings. The molecule has 1 heterocycles. The summed E-state index contributed by atoms with van der Waals surface area (Å²) in [7, 11) is 1.36. The van der Waals surface area contributed by atoms with Crippen LogP contribution in [0.5, 0.6) is 5.75 Å². The van der Waals surface area contributed by atoms with E-state index in [0.717, 1.165) is 11.1 Å². The van der Waals surface area contributed by atoms with E-state index < -0.39 is 11.6 Å². The van der Waals surface area contributed by atoms with Gasteiger partial charge in [-0.1, -0.05) is 12.1 Å². The highest BCUT2D eigenvalue weighted by Crippen LogP contribution is 2.22. The summed E-state index contributed by atoms with van der Waals surface area (Å²) in [6.45, 7) is 3.67. The van der Waals surface area contributed by atoms with E-state index in [4.69, 9.17) is 4.74 Å². The third kappa shape index (κ3) is 2.47. The number of carbonyl (C=O) groups is 1. The Labute approximate surface area is 111 Å². The number of aryl methyl sites for hydroxylation is 2. The molecule has 1 aromatic carbocycles. The summed E-state index contributed by atoms with van der Waals surface area (Å²) < 4.78 is 18.9. The molecule has 1 aromatic heterocycles. The highest BCUT2D eigenvalue weighted by molar-refractivity contribution is 6.09. The van der Waals surface area contributed by atoms with Crippen molar-refractivity contribution in [1.82, 2.24) is 4.98 Å². The molecule has 0 saturated carbocycles. The third-order valence-corrected chi connectivity index (χ3v) is 2.86. The van der Waals surface area contributed by atoms with Crippen LogP contribution >= 0.6 is 0 Å². The fourth-order valence-corrected chi connectivity index (χ4v) is 1.92. The van der Waals surface area contributed by atoms with Crippen molar-refractivity contribution in [2.24, 2.45) is 0 Å². The number of benzene rings is 1. The molecule has 0 amide bonds. The zero-order valence-electron chi connectivity index (χ0n) is 11.0. The van der Waals surface area contributed by atoms with Gasteiger partial charge in [-0.05, 0) is 37.1 Å². The predicted molar refractivity (Wildman–Crippen MR) is 70.1 cm³/mol. The maximum Gasteiger partial charge on any atom is 0.214 e. The summed E-state index contributed by atoms with van der Waals surface area (Å²) in [5, 5.41) is 0. The number of methoxy groups -OCH3 is 1. The number of carbonyl (C=O) groups excluding carboxylic acids is 1. The van der Waals surface area contributed by atoms with Gasteiger partial charge in [-0.15, -0.1) is 0 Å². The molecule has 2 aromatic rings. The van der Waals surface area contributed by atoms with E-state index in [-0.39, 0.29) is 17.0 Å². The van der Waals surface area contributed by atoms with Gasteiger partial charge in [-0.3, -0.25) is 9.78 Å². The molecule has 0 N–H and O–H groups in total. The van der Waals surface area contributed by atoms with Crippen LogP contribution in [0, 0.1) is 19.7 Å². The summed E-state index contributed by atoms with van der Waals surface area (Å²) in [6.07, 6.45) is 1.60. The van der Waals surface area contributed by atoms with E-state index in [1.54, 1.807) is 19.2 Å². The van der Waals surface area contributed by atoms with Crippen LogP contribution < -0.4 is 4.74 Å². The molecular weight excluding hydrogens is 245 g/mol. The minimum atomic E-state index is -0.656. The zero-order chi connectivity index (χ0) is 14.0. The van der Waals surface area contributed by atoms with Crippen LogP contribution in [-0.2, 0) is 0 Å². The lowest BCUT2D eigenvalue weighted by molar-refractivity contribution is 0.102. The molecule has 0 aliphatic carbocycles. The lowest BCUT2D eigenvalue weighted by Crippen LogP contribution is -2.09. The van der Waals surface area contributed by atoms with Crippen LogP contribution in [0.4, 0.5) is 4.39 Å². The Balaban J connectivity index is 2.50. The monoisotopic (exact) mass is 259 g/mol. The van der Waals surface area contributed by atoms with Crippen LogP contribution in [0.3, 0.4) is 0 Å². The lowest BCUT2D eigenvalue weighted by Gasteiger charge is -2.08. The molecule has 0 saturated heterocycles. The Bertz CT molecular complexity index is 638. The number of halogens is 1. The van der Waals surface area contributed by atoms with Gasteiger partial charge >= 0.3 is 0 Å². The molecule has 0 radical (unpaired) electrons. The molecule has 4 heteroatoms. The van der Waals surface area contributed by atoms with Crippen molar-refractivity contribution < 1.29 is 13.9 Å². The van der Waals surface area contributed by atoms with Gasteiger partial charge in [0.1, 0.15) is 5.69 Å². The zero-order valence-corrected chi connectivity index (χ0v) is 11.0. The first-order valence-electron chi connectivity index (χ1n) is 5.85. The number of hydrogen-bond donors (Lipinski definition) is 0. The van der Waals surface area contributed by atoms with E-state index in [2.05, 4.69) is 4.98 Å². The number of ether oxygens (including phenoxy) is 1.